The molecule has 144 valence electrons. The van der Waals surface area contributed by atoms with E-state index in [1.54, 1.807) is 12.1 Å². The molecule has 4 rings (SSSR count). The largest absolute Gasteiger partial charge is 0.322 e. The van der Waals surface area contributed by atoms with Crippen LogP contribution in [0.5, 0.6) is 0 Å². The van der Waals surface area contributed by atoms with Crippen LogP contribution in [0.15, 0.2) is 53.4 Å². The van der Waals surface area contributed by atoms with E-state index >= 15 is 0 Å². The van der Waals surface area contributed by atoms with Crippen LogP contribution in [0.1, 0.15) is 38.2 Å². The first kappa shape index (κ1) is 18.7. The average Bonchev–Trinajstić information content (AvgIpc) is 3.00. The Morgan fingerprint density at radius 3 is 2.39 bits per heavy atom. The predicted octanol–water partition coefficient (Wildman–Crippen LogP) is 3.45. The molecule has 0 N–H and O–H groups in total. The van der Waals surface area contributed by atoms with Crippen LogP contribution in [0.25, 0.3) is 11.0 Å². The molecule has 1 aromatic heterocycles. The van der Waals surface area contributed by atoms with Crippen LogP contribution < -0.4 is 0 Å². The van der Waals surface area contributed by atoms with Crippen LogP contribution in [-0.4, -0.2) is 35.4 Å². The van der Waals surface area contributed by atoms with E-state index in [2.05, 4.69) is 25.3 Å². The Morgan fingerprint density at radius 1 is 1.07 bits per heavy atom. The summed E-state index contributed by atoms with van der Waals surface area (Å²) in [4.78, 5) is 4.88. The van der Waals surface area contributed by atoms with Crippen molar-refractivity contribution in [3.63, 3.8) is 0 Å². The number of rotatable bonds is 3. The van der Waals surface area contributed by atoms with Gasteiger partial charge in [0.25, 0.3) is 0 Å². The highest BCUT2D eigenvalue weighted by Crippen LogP contribution is 2.36. The van der Waals surface area contributed by atoms with Crippen molar-refractivity contribution in [2.75, 3.05) is 13.1 Å². The van der Waals surface area contributed by atoms with E-state index in [0.29, 0.717) is 13.1 Å². The molecule has 0 spiro atoms. The van der Waals surface area contributed by atoms with Crippen molar-refractivity contribution in [2.24, 2.45) is 0 Å². The maximum absolute atomic E-state index is 13.0. The van der Waals surface area contributed by atoms with Crippen molar-refractivity contribution >= 4 is 21.1 Å². The van der Waals surface area contributed by atoms with Crippen LogP contribution >= 0.6 is 0 Å². The molecule has 0 radical (unpaired) electrons. The van der Waals surface area contributed by atoms with Gasteiger partial charge in [0.15, 0.2) is 0 Å². The lowest BCUT2D eigenvalue weighted by Gasteiger charge is -2.40. The van der Waals surface area contributed by atoms with Gasteiger partial charge >= 0.3 is 0 Å². The minimum Gasteiger partial charge on any atom is -0.322 e. The topological polar surface area (TPSA) is 79.0 Å². The van der Waals surface area contributed by atoms with Gasteiger partial charge in [-0.05, 0) is 24.3 Å². The third-order valence-electron chi connectivity index (χ3n) is 5.09. The minimum atomic E-state index is -3.69. The fraction of sp³-hybridized carbons (Fsp3) is 0.333. The van der Waals surface area contributed by atoms with Gasteiger partial charge in [-0.1, -0.05) is 45.0 Å². The van der Waals surface area contributed by atoms with Crippen LogP contribution in [0.4, 0.5) is 0 Å². The highest BCUT2D eigenvalue weighted by atomic mass is 32.2. The minimum absolute atomic E-state index is 0.0191. The van der Waals surface area contributed by atoms with E-state index in [1.165, 1.54) is 16.4 Å². The molecule has 0 atom stereocenters. The van der Waals surface area contributed by atoms with Crippen molar-refractivity contribution in [3.8, 4) is 6.07 Å². The number of fused-ring (bicyclic) bond motifs is 1. The number of sulfonamides is 1. The zero-order chi connectivity index (χ0) is 20.1. The van der Waals surface area contributed by atoms with Gasteiger partial charge in [0.05, 0.1) is 27.5 Å². The molecule has 0 amide bonds. The average molecular weight is 395 g/mol. The number of nitrogens with zero attached hydrogens (tertiary/aromatic N) is 4. The highest BCUT2D eigenvalue weighted by Gasteiger charge is 2.41. The first-order valence-corrected chi connectivity index (χ1v) is 10.6. The molecular weight excluding hydrogens is 372 g/mol. The van der Waals surface area contributed by atoms with Crippen molar-refractivity contribution in [1.29, 1.82) is 5.26 Å². The smallest absolute Gasteiger partial charge is 0.244 e. The Balaban J connectivity index is 1.69. The van der Waals surface area contributed by atoms with Crippen molar-refractivity contribution in [3.05, 3.63) is 59.9 Å². The predicted molar refractivity (Wildman–Crippen MR) is 107 cm³/mol. The molecule has 0 bridgehead atoms. The van der Waals surface area contributed by atoms with Crippen LogP contribution in [0, 0.1) is 11.3 Å². The van der Waals surface area contributed by atoms with Crippen LogP contribution in [0.2, 0.25) is 0 Å². The Labute approximate surface area is 165 Å². The van der Waals surface area contributed by atoms with Crippen molar-refractivity contribution < 1.29 is 8.42 Å². The molecule has 2 heterocycles. The number of imidazole rings is 1. The summed E-state index contributed by atoms with van der Waals surface area (Å²) in [6.07, 6.45) is 0. The molecule has 0 saturated carbocycles. The van der Waals surface area contributed by atoms with Gasteiger partial charge in [-0.15, -0.1) is 0 Å². The van der Waals surface area contributed by atoms with E-state index in [1.807, 2.05) is 30.3 Å². The summed E-state index contributed by atoms with van der Waals surface area (Å²) in [7, 11) is -3.69. The summed E-state index contributed by atoms with van der Waals surface area (Å²) in [5.41, 5.74) is 1.95. The summed E-state index contributed by atoms with van der Waals surface area (Å²) in [5, 5.41) is 9.26. The zero-order valence-electron chi connectivity index (χ0n) is 16.1. The lowest BCUT2D eigenvalue weighted by atomic mass is 9.95. The second-order valence-corrected chi connectivity index (χ2v) is 10.0. The third-order valence-corrected chi connectivity index (χ3v) is 6.98. The molecule has 1 aliphatic rings. The number of hydrogen-bond donors (Lipinski definition) is 0. The number of benzene rings is 2. The monoisotopic (exact) mass is 394 g/mol. The first-order valence-electron chi connectivity index (χ1n) is 9.20. The van der Waals surface area contributed by atoms with Gasteiger partial charge in [-0.2, -0.15) is 9.57 Å². The van der Waals surface area contributed by atoms with E-state index in [9.17, 15) is 13.7 Å². The Kier molecular flexibility index (Phi) is 4.29. The molecule has 6 nitrogen and oxygen atoms in total. The maximum atomic E-state index is 13.0. The molecule has 1 saturated heterocycles. The standard InChI is InChI=1S/C21H22N4O2S/c1-21(2,3)20-23-17-9-5-6-10-18(17)25(20)16-13-24(14-16)28(26,27)19-11-7-4-8-15(19)12-22/h4-11,16H,13-14H2,1-3H3. The van der Waals surface area contributed by atoms with Gasteiger partial charge in [0, 0.05) is 18.5 Å². The van der Waals surface area contributed by atoms with Gasteiger partial charge in [-0.25, -0.2) is 13.4 Å². The van der Waals surface area contributed by atoms with Gasteiger partial charge in [0.2, 0.25) is 10.0 Å². The number of aromatic nitrogens is 2. The number of nitriles is 1. The number of hydrogen-bond acceptors (Lipinski definition) is 4. The molecule has 0 unspecified atom stereocenters. The highest BCUT2D eigenvalue weighted by molar-refractivity contribution is 7.89. The van der Waals surface area contributed by atoms with Gasteiger partial charge in [0.1, 0.15) is 11.9 Å². The van der Waals surface area contributed by atoms with Crippen LogP contribution in [0.3, 0.4) is 0 Å². The van der Waals surface area contributed by atoms with Gasteiger partial charge < -0.3 is 4.57 Å². The quantitative estimate of drug-likeness (QED) is 0.681. The van der Waals surface area contributed by atoms with E-state index in [0.717, 1.165) is 16.9 Å². The zero-order valence-corrected chi connectivity index (χ0v) is 16.9. The van der Waals surface area contributed by atoms with Gasteiger partial charge in [-0.3, -0.25) is 0 Å². The Morgan fingerprint density at radius 2 is 1.71 bits per heavy atom. The first-order chi connectivity index (χ1) is 13.2. The molecule has 1 fully saturated rings. The third kappa shape index (κ3) is 2.89. The van der Waals surface area contributed by atoms with Crippen molar-refractivity contribution in [2.45, 2.75) is 37.1 Å². The van der Waals surface area contributed by atoms with E-state index in [4.69, 9.17) is 4.98 Å². The van der Waals surface area contributed by atoms with E-state index < -0.39 is 10.0 Å². The fourth-order valence-electron chi connectivity index (χ4n) is 3.64. The lowest BCUT2D eigenvalue weighted by molar-refractivity contribution is 0.200. The Bertz CT molecular complexity index is 1190. The van der Waals surface area contributed by atoms with Crippen molar-refractivity contribution in [1.82, 2.24) is 13.9 Å². The molecule has 3 aromatic rings. The summed E-state index contributed by atoms with van der Waals surface area (Å²) in [6.45, 7) is 7.07. The normalized spacial score (nSPS) is 16.1. The molecule has 0 aliphatic carbocycles. The molecular formula is C21H22N4O2S. The summed E-state index contributed by atoms with van der Waals surface area (Å²) < 4.78 is 29.6. The molecule has 2 aromatic carbocycles. The molecule has 1 aliphatic heterocycles. The second kappa shape index (κ2) is 6.43. The molecule has 28 heavy (non-hydrogen) atoms. The molecule has 7 heteroatoms. The van der Waals surface area contributed by atoms with E-state index in [-0.39, 0.29) is 21.9 Å². The number of para-hydroxylation sites is 2. The summed E-state index contributed by atoms with van der Waals surface area (Å²) in [6, 6.07) is 16.3. The lowest BCUT2D eigenvalue weighted by Crippen LogP contribution is -2.51. The second-order valence-electron chi connectivity index (χ2n) is 8.13. The van der Waals surface area contributed by atoms with Crippen LogP contribution in [-0.2, 0) is 15.4 Å². The summed E-state index contributed by atoms with van der Waals surface area (Å²) >= 11 is 0. The SMILES string of the molecule is CC(C)(C)c1nc2ccccc2n1C1CN(S(=O)(=O)c2ccccc2C#N)C1. The summed E-state index contributed by atoms with van der Waals surface area (Å²) in [5.74, 6) is 0.952. The maximum Gasteiger partial charge on any atom is 0.244 e. The Hall–Kier alpha value is -2.69. The fourth-order valence-corrected chi connectivity index (χ4v) is 5.30.